The Balaban J connectivity index is 1.92. The molecule has 0 aliphatic rings. The number of aromatic nitrogens is 2. The topological polar surface area (TPSA) is 55.1 Å². The Kier molecular flexibility index (Phi) is 4.48. The van der Waals surface area contributed by atoms with Gasteiger partial charge in [0, 0.05) is 22.3 Å². The zero-order chi connectivity index (χ0) is 18.8. The van der Waals surface area contributed by atoms with E-state index in [2.05, 4.69) is 4.57 Å². The van der Waals surface area contributed by atoms with Crippen LogP contribution < -0.4 is 0 Å². The van der Waals surface area contributed by atoms with E-state index in [1.165, 1.54) is 0 Å². The summed E-state index contributed by atoms with van der Waals surface area (Å²) in [5.41, 5.74) is 4.52. The Hall–Kier alpha value is -3.37. The first kappa shape index (κ1) is 17.1. The minimum atomic E-state index is -0.978. The van der Waals surface area contributed by atoms with Crippen LogP contribution >= 0.6 is 11.6 Å². The summed E-state index contributed by atoms with van der Waals surface area (Å²) in [4.78, 5) is 15.6. The molecule has 1 aromatic heterocycles. The molecule has 0 bridgehead atoms. The van der Waals surface area contributed by atoms with Crippen molar-refractivity contribution in [3.8, 4) is 17.1 Å². The van der Waals surface area contributed by atoms with Crippen LogP contribution in [-0.2, 0) is 4.79 Å². The van der Waals surface area contributed by atoms with Crippen LogP contribution in [0.15, 0.2) is 78.9 Å². The molecule has 1 heterocycles. The van der Waals surface area contributed by atoms with Crippen molar-refractivity contribution in [3.05, 3.63) is 89.5 Å². The Morgan fingerprint density at radius 3 is 2.56 bits per heavy atom. The van der Waals surface area contributed by atoms with Crippen LogP contribution in [0.5, 0.6) is 0 Å². The number of imidazole rings is 1. The highest BCUT2D eigenvalue weighted by Gasteiger charge is 2.14. The van der Waals surface area contributed by atoms with Crippen molar-refractivity contribution >= 4 is 34.7 Å². The first-order valence-electron chi connectivity index (χ1n) is 8.37. The van der Waals surface area contributed by atoms with Gasteiger partial charge in [-0.25, -0.2) is 9.78 Å². The van der Waals surface area contributed by atoms with Gasteiger partial charge in [-0.05, 0) is 54.1 Å². The minimum Gasteiger partial charge on any atom is -0.478 e. The molecule has 0 radical (unpaired) electrons. The maximum Gasteiger partial charge on any atom is 0.328 e. The van der Waals surface area contributed by atoms with E-state index < -0.39 is 5.97 Å². The third-order valence-corrected chi connectivity index (χ3v) is 4.46. The lowest BCUT2D eigenvalue weighted by Gasteiger charge is -2.10. The summed E-state index contributed by atoms with van der Waals surface area (Å²) in [5, 5.41) is 9.53. The summed E-state index contributed by atoms with van der Waals surface area (Å²) in [5.74, 6) is -0.196. The molecule has 5 heteroatoms. The lowest BCUT2D eigenvalue weighted by molar-refractivity contribution is -0.131. The summed E-state index contributed by atoms with van der Waals surface area (Å²) in [6, 6.07) is 23.2. The van der Waals surface area contributed by atoms with Gasteiger partial charge >= 0.3 is 5.97 Å². The molecule has 0 fully saturated rings. The predicted molar refractivity (Wildman–Crippen MR) is 108 cm³/mol. The highest BCUT2D eigenvalue weighted by atomic mass is 35.5. The van der Waals surface area contributed by atoms with Gasteiger partial charge in [0.2, 0.25) is 0 Å². The van der Waals surface area contributed by atoms with Crippen LogP contribution in [0.25, 0.3) is 34.2 Å². The van der Waals surface area contributed by atoms with Crippen LogP contribution in [0.3, 0.4) is 0 Å². The number of hydrogen-bond donors (Lipinski definition) is 1. The molecule has 4 rings (SSSR count). The van der Waals surface area contributed by atoms with Crippen LogP contribution in [0.1, 0.15) is 5.56 Å². The lowest BCUT2D eigenvalue weighted by atomic mass is 10.1. The zero-order valence-corrected chi connectivity index (χ0v) is 15.0. The monoisotopic (exact) mass is 374 g/mol. The Labute approximate surface area is 161 Å². The SMILES string of the molecule is O=C(O)C=Cc1cccc(-c2nc3ccccc3n2-c2ccc(Cl)cc2)c1. The van der Waals surface area contributed by atoms with Crippen molar-refractivity contribution in [2.75, 3.05) is 0 Å². The largest absolute Gasteiger partial charge is 0.478 e. The fourth-order valence-electron chi connectivity index (χ4n) is 3.02. The molecule has 0 saturated carbocycles. The maximum absolute atomic E-state index is 10.8. The molecule has 132 valence electrons. The third kappa shape index (κ3) is 3.48. The first-order chi connectivity index (χ1) is 13.1. The Morgan fingerprint density at radius 1 is 1.00 bits per heavy atom. The second-order valence-corrected chi connectivity index (χ2v) is 6.47. The quantitative estimate of drug-likeness (QED) is 0.483. The molecule has 3 aromatic carbocycles. The molecule has 4 aromatic rings. The van der Waals surface area contributed by atoms with E-state index in [0.717, 1.165) is 39.7 Å². The highest BCUT2D eigenvalue weighted by Crippen LogP contribution is 2.29. The van der Waals surface area contributed by atoms with Crippen LogP contribution in [0, 0.1) is 0 Å². The van der Waals surface area contributed by atoms with E-state index in [1.54, 1.807) is 6.08 Å². The van der Waals surface area contributed by atoms with E-state index in [-0.39, 0.29) is 0 Å². The smallest absolute Gasteiger partial charge is 0.328 e. The molecule has 0 atom stereocenters. The van der Waals surface area contributed by atoms with Crippen molar-refractivity contribution in [2.24, 2.45) is 0 Å². The van der Waals surface area contributed by atoms with Gasteiger partial charge < -0.3 is 5.11 Å². The van der Waals surface area contributed by atoms with Gasteiger partial charge in [0.25, 0.3) is 0 Å². The number of carbonyl (C=O) groups is 1. The van der Waals surface area contributed by atoms with E-state index in [1.807, 2.05) is 72.8 Å². The number of rotatable bonds is 4. The van der Waals surface area contributed by atoms with Crippen LogP contribution in [-0.4, -0.2) is 20.6 Å². The molecule has 0 amide bonds. The van der Waals surface area contributed by atoms with Gasteiger partial charge in [-0.2, -0.15) is 0 Å². The molecule has 27 heavy (non-hydrogen) atoms. The summed E-state index contributed by atoms with van der Waals surface area (Å²) in [7, 11) is 0. The average molecular weight is 375 g/mol. The van der Waals surface area contributed by atoms with Crippen molar-refractivity contribution < 1.29 is 9.90 Å². The minimum absolute atomic E-state index is 0.672. The van der Waals surface area contributed by atoms with Crippen molar-refractivity contribution in [1.82, 2.24) is 9.55 Å². The maximum atomic E-state index is 10.8. The van der Waals surface area contributed by atoms with E-state index in [9.17, 15) is 4.79 Å². The number of carboxylic acid groups (broad SMARTS) is 1. The average Bonchev–Trinajstić information content (AvgIpc) is 3.07. The first-order valence-corrected chi connectivity index (χ1v) is 8.74. The molecular formula is C22H15ClN2O2. The molecule has 1 N–H and O–H groups in total. The molecule has 4 nitrogen and oxygen atoms in total. The Morgan fingerprint density at radius 2 is 1.78 bits per heavy atom. The lowest BCUT2D eigenvalue weighted by Crippen LogP contribution is -1.97. The molecular weight excluding hydrogens is 360 g/mol. The fraction of sp³-hybridized carbons (Fsp3) is 0. The molecule has 0 aliphatic carbocycles. The normalized spacial score (nSPS) is 11.3. The summed E-state index contributed by atoms with van der Waals surface area (Å²) in [6.45, 7) is 0. The molecule has 0 spiro atoms. The van der Waals surface area contributed by atoms with Crippen LogP contribution in [0.2, 0.25) is 5.02 Å². The number of benzene rings is 3. The van der Waals surface area contributed by atoms with Gasteiger partial charge in [0.05, 0.1) is 11.0 Å². The number of carboxylic acids is 1. The van der Waals surface area contributed by atoms with Gasteiger partial charge in [0.15, 0.2) is 0 Å². The summed E-state index contributed by atoms with van der Waals surface area (Å²) < 4.78 is 2.08. The zero-order valence-electron chi connectivity index (χ0n) is 14.2. The van der Waals surface area contributed by atoms with Crippen molar-refractivity contribution in [1.29, 1.82) is 0 Å². The summed E-state index contributed by atoms with van der Waals surface area (Å²) >= 11 is 6.05. The van der Waals surface area contributed by atoms with Crippen molar-refractivity contribution in [2.45, 2.75) is 0 Å². The number of para-hydroxylation sites is 2. The van der Waals surface area contributed by atoms with E-state index in [4.69, 9.17) is 21.7 Å². The number of fused-ring (bicyclic) bond motifs is 1. The fourth-order valence-corrected chi connectivity index (χ4v) is 3.15. The standard InChI is InChI=1S/C22H15ClN2O2/c23-17-9-11-18(12-10-17)25-20-7-2-1-6-19(20)24-22(25)16-5-3-4-15(14-16)8-13-21(26)27/h1-14H,(H,26,27). The molecule has 0 aliphatic heterocycles. The number of aliphatic carboxylic acids is 1. The number of hydrogen-bond acceptors (Lipinski definition) is 2. The van der Waals surface area contributed by atoms with Gasteiger partial charge in [0.1, 0.15) is 5.82 Å². The van der Waals surface area contributed by atoms with Gasteiger partial charge in [-0.3, -0.25) is 4.57 Å². The number of halogens is 1. The molecule has 0 unspecified atom stereocenters. The highest BCUT2D eigenvalue weighted by molar-refractivity contribution is 6.30. The predicted octanol–water partition coefficient (Wildman–Crippen LogP) is 5.44. The third-order valence-electron chi connectivity index (χ3n) is 4.21. The van der Waals surface area contributed by atoms with E-state index in [0.29, 0.717) is 5.02 Å². The Bertz CT molecular complexity index is 1160. The molecule has 0 saturated heterocycles. The van der Waals surface area contributed by atoms with Gasteiger partial charge in [-0.1, -0.05) is 41.9 Å². The summed E-state index contributed by atoms with van der Waals surface area (Å²) in [6.07, 6.45) is 2.70. The van der Waals surface area contributed by atoms with Gasteiger partial charge in [-0.15, -0.1) is 0 Å². The second-order valence-electron chi connectivity index (χ2n) is 6.03. The van der Waals surface area contributed by atoms with Crippen molar-refractivity contribution in [3.63, 3.8) is 0 Å². The van der Waals surface area contributed by atoms with E-state index >= 15 is 0 Å². The number of nitrogens with zero attached hydrogens (tertiary/aromatic N) is 2. The second kappa shape index (κ2) is 7.09. The van der Waals surface area contributed by atoms with Crippen LogP contribution in [0.4, 0.5) is 0 Å².